The standard InChI is InChI=1S/C30H49N5O8/c1-6-43-30(37)28(32-2)23-25(31)9-8-12-34(13-17-38-3)15-19-41-21-22-42-20-16-35(14-18-39-4)24-26-10-7-11-27(33-26)29(36)40-5/h7-11,23H,6,12-22,24,31H2,1-5H3/b9-8+,25-23+,32-28?. The summed E-state index contributed by atoms with van der Waals surface area (Å²) in [6, 6.07) is 5.30. The van der Waals surface area contributed by atoms with E-state index in [-0.39, 0.29) is 18.0 Å². The monoisotopic (exact) mass is 607 g/mol. The molecule has 13 nitrogen and oxygen atoms in total. The minimum atomic E-state index is -0.507. The topological polar surface area (TPSA) is 147 Å². The molecule has 0 fully saturated rings. The first-order valence-corrected chi connectivity index (χ1v) is 14.3. The van der Waals surface area contributed by atoms with Gasteiger partial charge < -0.3 is 34.2 Å². The second-order valence-electron chi connectivity index (χ2n) is 9.17. The number of nitrogens with zero attached hydrogens (tertiary/aromatic N) is 4. The van der Waals surface area contributed by atoms with E-state index in [1.807, 2.05) is 12.1 Å². The first kappa shape index (κ1) is 37.8. The Balaban J connectivity index is 2.42. The van der Waals surface area contributed by atoms with Crippen LogP contribution < -0.4 is 5.73 Å². The molecule has 43 heavy (non-hydrogen) atoms. The van der Waals surface area contributed by atoms with E-state index in [2.05, 4.69) is 19.8 Å². The number of rotatable bonds is 24. The maximum Gasteiger partial charge on any atom is 0.356 e. The molecule has 0 bridgehead atoms. The van der Waals surface area contributed by atoms with Crippen LogP contribution in [0.2, 0.25) is 0 Å². The molecule has 1 aromatic heterocycles. The number of methoxy groups -OCH3 is 3. The van der Waals surface area contributed by atoms with Gasteiger partial charge in [0, 0.05) is 66.2 Å². The van der Waals surface area contributed by atoms with Crippen LogP contribution in [-0.4, -0.2) is 140 Å². The molecule has 0 aliphatic rings. The van der Waals surface area contributed by atoms with Crippen LogP contribution in [0.3, 0.4) is 0 Å². The SMILES string of the molecule is CCOC(=O)C(/C=C(N)\C=C\CN(CCOC)CCOCCOCCN(CCOC)Cc1cccc(C(=O)OC)n1)=NC. The number of hydrogen-bond acceptors (Lipinski definition) is 13. The average molecular weight is 608 g/mol. The van der Waals surface area contributed by atoms with Gasteiger partial charge in [-0.05, 0) is 31.2 Å². The molecule has 242 valence electrons. The Morgan fingerprint density at radius 3 is 2.16 bits per heavy atom. The predicted molar refractivity (Wildman–Crippen MR) is 164 cm³/mol. The van der Waals surface area contributed by atoms with Crippen LogP contribution in [0.25, 0.3) is 0 Å². The van der Waals surface area contributed by atoms with E-state index < -0.39 is 11.9 Å². The summed E-state index contributed by atoms with van der Waals surface area (Å²) in [6.45, 7) is 9.13. The van der Waals surface area contributed by atoms with Crippen molar-refractivity contribution in [3.05, 3.63) is 53.5 Å². The Bertz CT molecular complexity index is 1020. The van der Waals surface area contributed by atoms with E-state index in [1.165, 1.54) is 20.2 Å². The summed E-state index contributed by atoms with van der Waals surface area (Å²) in [5, 5.41) is 0. The summed E-state index contributed by atoms with van der Waals surface area (Å²) >= 11 is 0. The fourth-order valence-corrected chi connectivity index (χ4v) is 3.69. The summed E-state index contributed by atoms with van der Waals surface area (Å²) in [7, 11) is 6.18. The van der Waals surface area contributed by atoms with Crippen molar-refractivity contribution in [1.82, 2.24) is 14.8 Å². The Hall–Kier alpha value is -3.20. The summed E-state index contributed by atoms with van der Waals surface area (Å²) in [5.74, 6) is -0.967. The molecule has 0 saturated heterocycles. The largest absolute Gasteiger partial charge is 0.464 e. The van der Waals surface area contributed by atoms with Gasteiger partial charge in [0.05, 0.1) is 59.1 Å². The number of aliphatic imine (C=N–C) groups is 1. The number of esters is 2. The van der Waals surface area contributed by atoms with Gasteiger partial charge in [-0.2, -0.15) is 0 Å². The molecule has 1 aromatic rings. The van der Waals surface area contributed by atoms with Gasteiger partial charge in [-0.3, -0.25) is 14.8 Å². The van der Waals surface area contributed by atoms with E-state index in [4.69, 9.17) is 34.2 Å². The molecule has 0 unspecified atom stereocenters. The Morgan fingerprint density at radius 2 is 1.56 bits per heavy atom. The molecule has 13 heteroatoms. The van der Waals surface area contributed by atoms with Gasteiger partial charge in [-0.15, -0.1) is 0 Å². The lowest BCUT2D eigenvalue weighted by Gasteiger charge is -2.22. The number of nitrogens with two attached hydrogens (primary N) is 1. The van der Waals surface area contributed by atoms with E-state index in [0.717, 1.165) is 12.2 Å². The number of aromatic nitrogens is 1. The van der Waals surface area contributed by atoms with Crippen molar-refractivity contribution in [2.45, 2.75) is 13.5 Å². The number of allylic oxidation sites excluding steroid dienone is 1. The molecule has 0 spiro atoms. The van der Waals surface area contributed by atoms with E-state index >= 15 is 0 Å². The third-order valence-corrected chi connectivity index (χ3v) is 5.99. The van der Waals surface area contributed by atoms with Gasteiger partial charge in [-0.25, -0.2) is 14.6 Å². The molecule has 2 N–H and O–H groups in total. The van der Waals surface area contributed by atoms with Crippen molar-refractivity contribution in [3.8, 4) is 0 Å². The second-order valence-corrected chi connectivity index (χ2v) is 9.17. The zero-order valence-corrected chi connectivity index (χ0v) is 26.3. The lowest BCUT2D eigenvalue weighted by atomic mass is 10.2. The van der Waals surface area contributed by atoms with Gasteiger partial charge >= 0.3 is 11.9 Å². The molecular formula is C30H49N5O8. The summed E-state index contributed by atoms with van der Waals surface area (Å²) < 4.78 is 31.8. The van der Waals surface area contributed by atoms with Crippen LogP contribution in [0.1, 0.15) is 23.1 Å². The first-order valence-electron chi connectivity index (χ1n) is 14.3. The van der Waals surface area contributed by atoms with Gasteiger partial charge in [0.2, 0.25) is 0 Å². The first-order chi connectivity index (χ1) is 20.9. The molecule has 1 rings (SSSR count). The highest BCUT2D eigenvalue weighted by atomic mass is 16.5. The van der Waals surface area contributed by atoms with Gasteiger partial charge in [0.1, 0.15) is 11.4 Å². The van der Waals surface area contributed by atoms with Crippen molar-refractivity contribution in [1.29, 1.82) is 0 Å². The number of carbonyl (C=O) groups excluding carboxylic acids is 2. The van der Waals surface area contributed by atoms with Crippen molar-refractivity contribution in [2.75, 3.05) is 107 Å². The lowest BCUT2D eigenvalue weighted by Crippen LogP contribution is -2.32. The van der Waals surface area contributed by atoms with Gasteiger partial charge in [0.25, 0.3) is 0 Å². The molecule has 0 atom stereocenters. The number of pyridine rings is 1. The van der Waals surface area contributed by atoms with Crippen molar-refractivity contribution < 1.29 is 38.0 Å². The van der Waals surface area contributed by atoms with Gasteiger partial charge in [0.15, 0.2) is 0 Å². The zero-order chi connectivity index (χ0) is 31.7. The van der Waals surface area contributed by atoms with Crippen LogP contribution in [0.15, 0.2) is 47.1 Å². The molecule has 0 radical (unpaired) electrons. The Morgan fingerprint density at radius 1 is 0.930 bits per heavy atom. The summed E-state index contributed by atoms with van der Waals surface area (Å²) in [5.41, 5.74) is 7.65. The molecular weight excluding hydrogens is 558 g/mol. The summed E-state index contributed by atoms with van der Waals surface area (Å²) in [4.78, 5) is 36.3. The van der Waals surface area contributed by atoms with E-state index in [9.17, 15) is 9.59 Å². The molecule has 1 heterocycles. The molecule has 0 aliphatic carbocycles. The Kier molecular flexibility index (Phi) is 21.3. The number of ether oxygens (including phenoxy) is 6. The number of hydrogen-bond donors (Lipinski definition) is 1. The highest BCUT2D eigenvalue weighted by Gasteiger charge is 2.12. The fourth-order valence-electron chi connectivity index (χ4n) is 3.69. The van der Waals surface area contributed by atoms with Crippen molar-refractivity contribution in [2.24, 2.45) is 10.7 Å². The lowest BCUT2D eigenvalue weighted by molar-refractivity contribution is -0.134. The van der Waals surface area contributed by atoms with Crippen LogP contribution in [0.4, 0.5) is 0 Å². The molecule has 0 aromatic carbocycles. The predicted octanol–water partition coefficient (Wildman–Crippen LogP) is 1.33. The minimum absolute atomic E-state index is 0.168. The van der Waals surface area contributed by atoms with Crippen LogP contribution in [-0.2, 0) is 39.8 Å². The van der Waals surface area contributed by atoms with Crippen LogP contribution in [0.5, 0.6) is 0 Å². The highest BCUT2D eigenvalue weighted by molar-refractivity contribution is 6.41. The number of carbonyl (C=O) groups is 2. The van der Waals surface area contributed by atoms with Crippen LogP contribution >= 0.6 is 0 Å². The molecule has 0 saturated carbocycles. The Labute approximate surface area is 255 Å². The van der Waals surface area contributed by atoms with Crippen molar-refractivity contribution >= 4 is 17.7 Å². The normalized spacial score (nSPS) is 12.4. The minimum Gasteiger partial charge on any atom is -0.464 e. The zero-order valence-electron chi connectivity index (χ0n) is 26.3. The third kappa shape index (κ3) is 17.5. The van der Waals surface area contributed by atoms with Crippen molar-refractivity contribution in [3.63, 3.8) is 0 Å². The maximum atomic E-state index is 11.9. The molecule has 0 aliphatic heterocycles. The highest BCUT2D eigenvalue weighted by Crippen LogP contribution is 2.05. The quantitative estimate of drug-likeness (QED) is 0.0783. The maximum absolute atomic E-state index is 11.9. The molecule has 0 amide bonds. The van der Waals surface area contributed by atoms with E-state index in [1.54, 1.807) is 39.4 Å². The second kappa shape index (κ2) is 24.3. The average Bonchev–Trinajstić information content (AvgIpc) is 3.01. The third-order valence-electron chi connectivity index (χ3n) is 5.99. The smallest absolute Gasteiger partial charge is 0.356 e. The van der Waals surface area contributed by atoms with Crippen LogP contribution in [0, 0.1) is 0 Å². The van der Waals surface area contributed by atoms with Gasteiger partial charge in [-0.1, -0.05) is 12.1 Å². The fraction of sp³-hybridized carbons (Fsp3) is 0.600. The van der Waals surface area contributed by atoms with E-state index in [0.29, 0.717) is 78.1 Å². The summed E-state index contributed by atoms with van der Waals surface area (Å²) in [6.07, 6.45) is 5.15.